The van der Waals surface area contributed by atoms with Gasteiger partial charge in [0.25, 0.3) is 5.89 Å². The molecule has 2 aromatic rings. The lowest BCUT2D eigenvalue weighted by Gasteiger charge is -2.29. The standard InChI is InChI=1S/C18H25N3O2/c1-2-6-14(7-3-1)12-15-8-4-10-21(15)13-17-19-20-18(23-17)16-9-5-11-22-16/h5,9,11,14-15H,1-4,6-8,10,12-13H2/t15-/m1/s1. The molecule has 3 heterocycles. The minimum atomic E-state index is 0.480. The number of likely N-dealkylation sites (tertiary alicyclic amines) is 1. The van der Waals surface area contributed by atoms with E-state index in [0.717, 1.165) is 19.0 Å². The van der Waals surface area contributed by atoms with Crippen molar-refractivity contribution in [2.45, 2.75) is 64.0 Å². The fourth-order valence-electron chi connectivity index (χ4n) is 4.17. The Morgan fingerprint density at radius 2 is 2.00 bits per heavy atom. The molecule has 1 aliphatic heterocycles. The molecule has 0 bridgehead atoms. The van der Waals surface area contributed by atoms with Crippen LogP contribution in [0.15, 0.2) is 27.2 Å². The largest absolute Gasteiger partial charge is 0.459 e. The highest BCUT2D eigenvalue weighted by molar-refractivity contribution is 5.42. The zero-order chi connectivity index (χ0) is 15.5. The van der Waals surface area contributed by atoms with E-state index in [9.17, 15) is 0 Å². The highest BCUT2D eigenvalue weighted by atomic mass is 16.4. The van der Waals surface area contributed by atoms with Crippen molar-refractivity contribution in [1.29, 1.82) is 0 Å². The predicted molar refractivity (Wildman–Crippen MR) is 86.6 cm³/mol. The molecule has 2 aliphatic rings. The van der Waals surface area contributed by atoms with E-state index >= 15 is 0 Å². The molecule has 1 aliphatic carbocycles. The zero-order valence-corrected chi connectivity index (χ0v) is 13.6. The van der Waals surface area contributed by atoms with Gasteiger partial charge in [-0.05, 0) is 43.9 Å². The third-order valence-corrected chi connectivity index (χ3v) is 5.37. The van der Waals surface area contributed by atoms with E-state index in [1.54, 1.807) is 6.26 Å². The first-order valence-electron chi connectivity index (χ1n) is 8.99. The van der Waals surface area contributed by atoms with Crippen LogP contribution in [0.2, 0.25) is 0 Å². The maximum absolute atomic E-state index is 5.77. The Hall–Kier alpha value is -1.62. The lowest BCUT2D eigenvalue weighted by Crippen LogP contribution is -2.31. The van der Waals surface area contributed by atoms with Gasteiger partial charge in [0.05, 0.1) is 12.8 Å². The number of aromatic nitrogens is 2. The van der Waals surface area contributed by atoms with Crippen LogP contribution in [0.3, 0.4) is 0 Å². The van der Waals surface area contributed by atoms with Crippen molar-refractivity contribution in [1.82, 2.24) is 15.1 Å². The molecule has 2 fully saturated rings. The van der Waals surface area contributed by atoms with Crippen LogP contribution in [0.4, 0.5) is 0 Å². The van der Waals surface area contributed by atoms with Crippen molar-refractivity contribution in [3.05, 3.63) is 24.3 Å². The Bertz CT molecular complexity index is 602. The summed E-state index contributed by atoms with van der Waals surface area (Å²) in [6.07, 6.45) is 12.7. The molecule has 124 valence electrons. The van der Waals surface area contributed by atoms with Crippen LogP contribution >= 0.6 is 0 Å². The molecule has 0 N–H and O–H groups in total. The lowest BCUT2D eigenvalue weighted by atomic mass is 9.84. The van der Waals surface area contributed by atoms with Gasteiger partial charge in [0.2, 0.25) is 5.89 Å². The topological polar surface area (TPSA) is 55.3 Å². The highest BCUT2D eigenvalue weighted by Crippen LogP contribution is 2.32. The Labute approximate surface area is 137 Å². The SMILES string of the molecule is c1coc(-c2nnc(CN3CCC[C@@H]3CC3CCCCC3)o2)c1. The van der Waals surface area contributed by atoms with Crippen molar-refractivity contribution in [2.75, 3.05) is 6.54 Å². The van der Waals surface area contributed by atoms with E-state index in [1.807, 2.05) is 12.1 Å². The first-order chi connectivity index (χ1) is 11.4. The molecule has 5 nitrogen and oxygen atoms in total. The third-order valence-electron chi connectivity index (χ3n) is 5.37. The van der Waals surface area contributed by atoms with Crippen molar-refractivity contribution < 1.29 is 8.83 Å². The quantitative estimate of drug-likeness (QED) is 0.825. The summed E-state index contributed by atoms with van der Waals surface area (Å²) in [6, 6.07) is 4.37. The van der Waals surface area contributed by atoms with Crippen molar-refractivity contribution in [3.63, 3.8) is 0 Å². The summed E-state index contributed by atoms with van der Waals surface area (Å²) in [6.45, 7) is 1.92. The van der Waals surface area contributed by atoms with Crippen molar-refractivity contribution >= 4 is 0 Å². The molecule has 2 aromatic heterocycles. The summed E-state index contributed by atoms with van der Waals surface area (Å²) in [5.74, 6) is 2.75. The molecule has 1 atom stereocenters. The van der Waals surface area contributed by atoms with E-state index in [4.69, 9.17) is 8.83 Å². The number of hydrogen-bond acceptors (Lipinski definition) is 5. The summed E-state index contributed by atoms with van der Waals surface area (Å²) in [5.41, 5.74) is 0. The highest BCUT2D eigenvalue weighted by Gasteiger charge is 2.29. The van der Waals surface area contributed by atoms with Gasteiger partial charge >= 0.3 is 0 Å². The van der Waals surface area contributed by atoms with Gasteiger partial charge < -0.3 is 8.83 Å². The third kappa shape index (κ3) is 3.50. The van der Waals surface area contributed by atoms with E-state index in [2.05, 4.69) is 15.1 Å². The van der Waals surface area contributed by atoms with Crippen LogP contribution in [-0.4, -0.2) is 27.7 Å². The smallest absolute Gasteiger partial charge is 0.283 e. The average molecular weight is 315 g/mol. The minimum absolute atomic E-state index is 0.480. The number of furan rings is 1. The van der Waals surface area contributed by atoms with Gasteiger partial charge in [-0.1, -0.05) is 32.1 Å². The Balaban J connectivity index is 1.37. The monoisotopic (exact) mass is 315 g/mol. The average Bonchev–Trinajstić information content (AvgIpc) is 3.31. The normalized spacial score (nSPS) is 23.6. The van der Waals surface area contributed by atoms with E-state index in [0.29, 0.717) is 23.6 Å². The Kier molecular flexibility index (Phi) is 4.46. The Morgan fingerprint density at radius 3 is 2.83 bits per heavy atom. The van der Waals surface area contributed by atoms with Crippen LogP contribution in [0, 0.1) is 5.92 Å². The van der Waals surface area contributed by atoms with E-state index in [1.165, 1.54) is 51.4 Å². The summed E-state index contributed by atoms with van der Waals surface area (Å²) in [4.78, 5) is 2.54. The molecule has 0 radical (unpaired) electrons. The van der Waals surface area contributed by atoms with Crippen LogP contribution in [0.1, 0.15) is 57.3 Å². The molecule has 1 saturated carbocycles. The predicted octanol–water partition coefficient (Wildman–Crippen LogP) is 4.26. The molecule has 1 saturated heterocycles. The first kappa shape index (κ1) is 14.9. The number of rotatable bonds is 5. The van der Waals surface area contributed by atoms with Crippen LogP contribution < -0.4 is 0 Å². The summed E-state index contributed by atoms with van der Waals surface area (Å²) >= 11 is 0. The number of nitrogens with zero attached hydrogens (tertiary/aromatic N) is 3. The molecular weight excluding hydrogens is 290 g/mol. The molecule has 4 rings (SSSR count). The zero-order valence-electron chi connectivity index (χ0n) is 13.6. The Morgan fingerprint density at radius 1 is 1.09 bits per heavy atom. The van der Waals surface area contributed by atoms with Crippen molar-refractivity contribution in [2.24, 2.45) is 5.92 Å². The summed E-state index contributed by atoms with van der Waals surface area (Å²) < 4.78 is 11.1. The second-order valence-corrected chi connectivity index (χ2v) is 6.98. The molecule has 23 heavy (non-hydrogen) atoms. The van der Waals surface area contributed by atoms with Crippen LogP contribution in [-0.2, 0) is 6.54 Å². The summed E-state index contributed by atoms with van der Waals surface area (Å²) in [7, 11) is 0. The molecule has 0 spiro atoms. The van der Waals surface area contributed by atoms with Crippen LogP contribution in [0.5, 0.6) is 0 Å². The maximum atomic E-state index is 5.77. The van der Waals surface area contributed by atoms with Gasteiger partial charge in [-0.3, -0.25) is 4.90 Å². The van der Waals surface area contributed by atoms with E-state index < -0.39 is 0 Å². The minimum Gasteiger partial charge on any atom is -0.459 e. The fourth-order valence-corrected chi connectivity index (χ4v) is 4.17. The van der Waals surface area contributed by atoms with Gasteiger partial charge in [-0.2, -0.15) is 0 Å². The van der Waals surface area contributed by atoms with Gasteiger partial charge in [-0.25, -0.2) is 0 Å². The molecule has 0 aromatic carbocycles. The number of hydrogen-bond donors (Lipinski definition) is 0. The van der Waals surface area contributed by atoms with Gasteiger partial charge in [0.15, 0.2) is 5.76 Å². The summed E-state index contributed by atoms with van der Waals surface area (Å²) in [5, 5.41) is 8.30. The lowest BCUT2D eigenvalue weighted by molar-refractivity contribution is 0.179. The van der Waals surface area contributed by atoms with Gasteiger partial charge in [0.1, 0.15) is 0 Å². The van der Waals surface area contributed by atoms with Crippen molar-refractivity contribution in [3.8, 4) is 11.7 Å². The maximum Gasteiger partial charge on any atom is 0.283 e. The second-order valence-electron chi connectivity index (χ2n) is 6.98. The fraction of sp³-hybridized carbons (Fsp3) is 0.667. The second kappa shape index (κ2) is 6.87. The first-order valence-corrected chi connectivity index (χ1v) is 8.99. The molecule has 5 heteroatoms. The van der Waals surface area contributed by atoms with Gasteiger partial charge in [-0.15, -0.1) is 10.2 Å². The molecular formula is C18H25N3O2. The van der Waals surface area contributed by atoms with Gasteiger partial charge in [0, 0.05) is 6.04 Å². The molecule has 0 unspecified atom stereocenters. The molecule has 0 amide bonds. The van der Waals surface area contributed by atoms with Crippen LogP contribution in [0.25, 0.3) is 11.7 Å². The van der Waals surface area contributed by atoms with E-state index in [-0.39, 0.29) is 0 Å².